The van der Waals surface area contributed by atoms with E-state index in [1.807, 2.05) is 0 Å². The molecule has 0 radical (unpaired) electrons. The summed E-state index contributed by atoms with van der Waals surface area (Å²) in [6, 6.07) is 0. The molecule has 0 nitrogen and oxygen atoms in total. The van der Waals surface area contributed by atoms with E-state index >= 15 is 0 Å². The van der Waals surface area contributed by atoms with Gasteiger partial charge in [-0.25, -0.2) is 0 Å². The molecule has 2 aliphatic carbocycles. The van der Waals surface area contributed by atoms with Crippen LogP contribution in [0.25, 0.3) is 0 Å². The Morgan fingerprint density at radius 1 is 1.44 bits per heavy atom. The van der Waals surface area contributed by atoms with Crippen molar-refractivity contribution >= 4 is 0 Å². The minimum absolute atomic E-state index is 0.829. The summed E-state index contributed by atoms with van der Waals surface area (Å²) in [4.78, 5) is 0. The Kier molecular flexibility index (Phi) is 1.07. The predicted molar refractivity (Wildman–Crippen MR) is 38.1 cm³/mol. The molecule has 9 heavy (non-hydrogen) atoms. The van der Waals surface area contributed by atoms with Gasteiger partial charge >= 0.3 is 0 Å². The Bertz CT molecular complexity index is 202. The summed E-state index contributed by atoms with van der Waals surface area (Å²) in [5.74, 6) is 0.829. The monoisotopic (exact) mass is 118 g/mol. The van der Waals surface area contributed by atoms with Gasteiger partial charge < -0.3 is 0 Å². The number of hydrogen-bond donors (Lipinski definition) is 0. The molecule has 0 spiro atoms. The molecule has 0 amide bonds. The number of hydrogen-bond acceptors (Lipinski definition) is 0. The SMILES string of the molecule is C1=CC=1C1CC=CCC1. The van der Waals surface area contributed by atoms with Gasteiger partial charge in [-0.3, -0.25) is 0 Å². The lowest BCUT2D eigenvalue weighted by molar-refractivity contribution is 0.572. The van der Waals surface area contributed by atoms with Crippen molar-refractivity contribution in [1.82, 2.24) is 0 Å². The molecule has 0 aliphatic heterocycles. The first-order valence-corrected chi connectivity index (χ1v) is 3.58. The van der Waals surface area contributed by atoms with E-state index in [-0.39, 0.29) is 0 Å². The maximum Gasteiger partial charge on any atom is 0.00513 e. The number of allylic oxidation sites excluding steroid dienone is 3. The second-order valence-corrected chi connectivity index (χ2v) is 2.73. The number of rotatable bonds is 1. The molecule has 0 heteroatoms. The van der Waals surface area contributed by atoms with E-state index in [2.05, 4.69) is 24.0 Å². The fraction of sp³-hybridized carbons (Fsp3) is 0.444. The zero-order valence-corrected chi connectivity index (χ0v) is 5.43. The van der Waals surface area contributed by atoms with Gasteiger partial charge in [0, 0.05) is 5.57 Å². The molecule has 0 aromatic rings. The molecule has 0 N–H and O–H groups in total. The molecule has 1 unspecified atom stereocenters. The van der Waals surface area contributed by atoms with Gasteiger partial charge in [0.05, 0.1) is 0 Å². The normalized spacial score (nSPS) is 30.2. The first-order chi connectivity index (χ1) is 4.47. The fourth-order valence-electron chi connectivity index (χ4n) is 1.35. The van der Waals surface area contributed by atoms with Crippen molar-refractivity contribution in [2.24, 2.45) is 5.92 Å². The van der Waals surface area contributed by atoms with Crippen LogP contribution in [0.2, 0.25) is 0 Å². The maximum absolute atomic E-state index is 3.16. The minimum Gasteiger partial charge on any atom is -0.115 e. The summed E-state index contributed by atoms with van der Waals surface area (Å²) in [7, 11) is 0. The summed E-state index contributed by atoms with van der Waals surface area (Å²) in [5, 5.41) is 0. The molecular formula is C9H10. The molecule has 0 fully saturated rings. The van der Waals surface area contributed by atoms with Gasteiger partial charge in [-0.05, 0) is 31.3 Å². The molecule has 0 heterocycles. The van der Waals surface area contributed by atoms with Crippen LogP contribution in [0.1, 0.15) is 19.3 Å². The van der Waals surface area contributed by atoms with Crippen LogP contribution in [-0.4, -0.2) is 0 Å². The lowest BCUT2D eigenvalue weighted by Crippen LogP contribution is -1.99. The molecule has 0 saturated heterocycles. The van der Waals surface area contributed by atoms with Crippen LogP contribution in [-0.2, 0) is 0 Å². The predicted octanol–water partition coefficient (Wildman–Crippen LogP) is 2.44. The van der Waals surface area contributed by atoms with Gasteiger partial charge in [-0.2, -0.15) is 0 Å². The van der Waals surface area contributed by atoms with Crippen molar-refractivity contribution in [3.63, 3.8) is 0 Å². The molecule has 2 rings (SSSR count). The standard InChI is InChI=1S/C9H10/c1-2-4-8(5-3-1)9-6-7-9/h1-2,6,8H,3-5H2. The van der Waals surface area contributed by atoms with Crippen molar-refractivity contribution < 1.29 is 0 Å². The van der Waals surface area contributed by atoms with E-state index < -0.39 is 0 Å². The quantitative estimate of drug-likeness (QED) is 0.366. The Hall–Kier alpha value is -0.740. The van der Waals surface area contributed by atoms with Gasteiger partial charge in [0.25, 0.3) is 0 Å². The van der Waals surface area contributed by atoms with E-state index in [0.717, 1.165) is 5.92 Å². The fourth-order valence-corrected chi connectivity index (χ4v) is 1.35. The van der Waals surface area contributed by atoms with Crippen LogP contribution in [0.3, 0.4) is 0 Å². The van der Waals surface area contributed by atoms with Crippen LogP contribution < -0.4 is 0 Å². The maximum atomic E-state index is 3.16. The van der Waals surface area contributed by atoms with E-state index in [1.165, 1.54) is 24.8 Å². The van der Waals surface area contributed by atoms with Crippen molar-refractivity contribution in [3.05, 3.63) is 29.5 Å². The van der Waals surface area contributed by atoms with Gasteiger partial charge in [0.1, 0.15) is 0 Å². The summed E-state index contributed by atoms with van der Waals surface area (Å²) in [6.07, 6.45) is 10.5. The first-order valence-electron chi connectivity index (χ1n) is 3.58. The average Bonchev–Trinajstić information content (AvgIpc) is 2.71. The van der Waals surface area contributed by atoms with Crippen LogP contribution >= 0.6 is 0 Å². The van der Waals surface area contributed by atoms with Gasteiger partial charge in [-0.15, -0.1) is 5.73 Å². The Balaban J connectivity index is 1.98. The molecule has 0 saturated carbocycles. The zero-order valence-electron chi connectivity index (χ0n) is 5.43. The van der Waals surface area contributed by atoms with Crippen LogP contribution in [0.4, 0.5) is 0 Å². The summed E-state index contributed by atoms with van der Waals surface area (Å²) >= 11 is 0. The van der Waals surface area contributed by atoms with Crippen molar-refractivity contribution in [2.75, 3.05) is 0 Å². The van der Waals surface area contributed by atoms with Crippen molar-refractivity contribution in [1.29, 1.82) is 0 Å². The third-order valence-corrected chi connectivity index (χ3v) is 2.02. The lowest BCUT2D eigenvalue weighted by Gasteiger charge is -2.12. The van der Waals surface area contributed by atoms with Gasteiger partial charge in [0.2, 0.25) is 0 Å². The van der Waals surface area contributed by atoms with Crippen molar-refractivity contribution in [3.8, 4) is 0 Å². The third-order valence-electron chi connectivity index (χ3n) is 2.02. The molecular weight excluding hydrogens is 108 g/mol. The van der Waals surface area contributed by atoms with E-state index in [4.69, 9.17) is 0 Å². The van der Waals surface area contributed by atoms with E-state index in [1.54, 1.807) is 0 Å². The molecule has 0 bridgehead atoms. The zero-order chi connectivity index (χ0) is 6.10. The molecule has 46 valence electrons. The Morgan fingerprint density at radius 2 is 2.33 bits per heavy atom. The van der Waals surface area contributed by atoms with Gasteiger partial charge in [-0.1, -0.05) is 12.2 Å². The minimum atomic E-state index is 0.829. The molecule has 2 aliphatic rings. The second-order valence-electron chi connectivity index (χ2n) is 2.73. The Morgan fingerprint density at radius 3 is 2.89 bits per heavy atom. The molecule has 0 aromatic carbocycles. The summed E-state index contributed by atoms with van der Waals surface area (Å²) < 4.78 is 0. The largest absolute Gasteiger partial charge is 0.115 e. The smallest absolute Gasteiger partial charge is 0.00513 e. The highest BCUT2D eigenvalue weighted by Crippen LogP contribution is 2.29. The highest BCUT2D eigenvalue weighted by Gasteiger charge is 2.16. The second kappa shape index (κ2) is 1.89. The highest BCUT2D eigenvalue weighted by molar-refractivity contribution is 5.34. The lowest BCUT2D eigenvalue weighted by atomic mass is 9.92. The molecule has 0 aromatic heterocycles. The highest BCUT2D eigenvalue weighted by atomic mass is 14.2. The van der Waals surface area contributed by atoms with Gasteiger partial charge in [0.15, 0.2) is 0 Å². The molecule has 1 atom stereocenters. The van der Waals surface area contributed by atoms with E-state index in [0.29, 0.717) is 0 Å². The third kappa shape index (κ3) is 0.988. The van der Waals surface area contributed by atoms with E-state index in [9.17, 15) is 0 Å². The summed E-state index contributed by atoms with van der Waals surface area (Å²) in [5.41, 5.74) is 4.63. The topological polar surface area (TPSA) is 0 Å². The van der Waals surface area contributed by atoms with Crippen LogP contribution in [0.5, 0.6) is 0 Å². The average molecular weight is 118 g/mol. The summed E-state index contributed by atoms with van der Waals surface area (Å²) in [6.45, 7) is 0. The van der Waals surface area contributed by atoms with Crippen molar-refractivity contribution in [2.45, 2.75) is 19.3 Å². The van der Waals surface area contributed by atoms with Crippen LogP contribution in [0.15, 0.2) is 29.5 Å². The Labute approximate surface area is 55.6 Å². The first kappa shape index (κ1) is 5.08. The van der Waals surface area contributed by atoms with Crippen LogP contribution in [0, 0.1) is 5.92 Å².